The van der Waals surface area contributed by atoms with Crippen molar-refractivity contribution in [2.75, 3.05) is 0 Å². The second-order valence-corrected chi connectivity index (χ2v) is 16.7. The van der Waals surface area contributed by atoms with Crippen molar-refractivity contribution >= 4 is 19.0 Å². The van der Waals surface area contributed by atoms with Gasteiger partial charge in [-0.15, -0.1) is 0 Å². The topological polar surface area (TPSA) is 0 Å². The normalized spacial score (nSPS) is 34.2. The van der Waals surface area contributed by atoms with E-state index in [9.17, 15) is 0 Å². The summed E-state index contributed by atoms with van der Waals surface area (Å²) in [6.45, 7) is 0. The third kappa shape index (κ3) is 7.21. The first-order valence-corrected chi connectivity index (χ1v) is 16.7. The van der Waals surface area contributed by atoms with Crippen molar-refractivity contribution in [2.24, 2.45) is 0 Å². The number of hydrogen-bond acceptors (Lipinski definition) is 0. The average Bonchev–Trinajstić information content (AvgIpc) is 3.22. The molecule has 0 radical (unpaired) electrons. The Kier molecular flexibility index (Phi) is 9.46. The van der Waals surface area contributed by atoms with Gasteiger partial charge in [-0.1, -0.05) is 86.4 Å². The van der Waals surface area contributed by atoms with E-state index in [-0.39, 0.29) is 19.0 Å². The van der Waals surface area contributed by atoms with Gasteiger partial charge in [0.2, 0.25) is 0 Å². The van der Waals surface area contributed by atoms with E-state index in [1.165, 1.54) is 82.2 Å². The van der Waals surface area contributed by atoms with E-state index in [0.717, 1.165) is 10.1 Å². The standard InChI is InChI=1S/2C10H16Si.C5H5.Hf/c2*1-2-6-10(7-3-1)8-4-5-9-11-10;1-2-4-5-3-1;/h2*1-3,6H,4-5,7-9,11H2;1-3H,4H2;. The zero-order chi connectivity index (χ0) is 19.5. The molecule has 2 heterocycles. The molecular weight excluding hydrogens is 535 g/mol. The summed E-state index contributed by atoms with van der Waals surface area (Å²) in [4.78, 5) is 0. The molecule has 3 aliphatic carbocycles. The minimum atomic E-state index is 0.218. The Hall–Kier alpha value is -0.256. The molecule has 0 aromatic rings. The Balaban J connectivity index is 0.000000126. The quantitative estimate of drug-likeness (QED) is 0.302. The Morgan fingerprint density at radius 3 is 1.54 bits per heavy atom. The van der Waals surface area contributed by atoms with Crippen molar-refractivity contribution < 1.29 is 24.4 Å². The van der Waals surface area contributed by atoms with Crippen molar-refractivity contribution in [3.63, 3.8) is 0 Å². The van der Waals surface area contributed by atoms with E-state index in [1.54, 1.807) is 15.4 Å². The fraction of sp³-hybridized carbons (Fsp3) is 0.520. The molecule has 0 aromatic heterocycles. The van der Waals surface area contributed by atoms with Gasteiger partial charge in [-0.25, -0.2) is 0 Å². The Labute approximate surface area is 192 Å². The van der Waals surface area contributed by atoms with Crippen LogP contribution in [0, 0.1) is 0 Å². The van der Waals surface area contributed by atoms with E-state index in [1.807, 2.05) is 0 Å². The molecule has 2 atom stereocenters. The zero-order valence-electron chi connectivity index (χ0n) is 17.5. The first-order chi connectivity index (χ1) is 13.7. The van der Waals surface area contributed by atoms with Crippen molar-refractivity contribution in [3.05, 3.63) is 70.2 Å². The third-order valence-corrected chi connectivity index (χ3v) is 13.7. The molecule has 28 heavy (non-hydrogen) atoms. The summed E-state index contributed by atoms with van der Waals surface area (Å²) >= 11 is 1.25. The molecule has 0 N–H and O–H groups in total. The summed E-state index contributed by atoms with van der Waals surface area (Å²) in [5.74, 6) is 0. The van der Waals surface area contributed by atoms with E-state index in [2.05, 4.69) is 66.8 Å². The van der Waals surface area contributed by atoms with Crippen LogP contribution in [0.15, 0.2) is 70.2 Å². The summed E-state index contributed by atoms with van der Waals surface area (Å²) in [7, 11) is 0.436. The summed E-state index contributed by atoms with van der Waals surface area (Å²) in [6.07, 6.45) is 38.1. The second-order valence-electron chi connectivity index (χ2n) is 9.15. The van der Waals surface area contributed by atoms with Crippen LogP contribution >= 0.6 is 0 Å². The van der Waals surface area contributed by atoms with Crippen molar-refractivity contribution in [1.29, 1.82) is 0 Å². The third-order valence-electron chi connectivity index (χ3n) is 6.91. The van der Waals surface area contributed by atoms with Crippen LogP contribution in [0.2, 0.25) is 22.2 Å². The van der Waals surface area contributed by atoms with Gasteiger partial charge in [-0.3, -0.25) is 0 Å². The van der Waals surface area contributed by atoms with Crippen LogP contribution < -0.4 is 0 Å². The van der Waals surface area contributed by atoms with E-state index in [0.29, 0.717) is 0 Å². The van der Waals surface area contributed by atoms with Crippen molar-refractivity contribution in [3.8, 4) is 0 Å². The van der Waals surface area contributed by atoms with Gasteiger partial charge in [0, 0.05) is 19.0 Å². The van der Waals surface area contributed by atoms with Crippen molar-refractivity contribution in [2.45, 2.75) is 80.0 Å². The Morgan fingerprint density at radius 1 is 0.679 bits per heavy atom. The first-order valence-electron chi connectivity index (χ1n) is 11.5. The Bertz CT molecular complexity index is 610. The molecule has 0 bridgehead atoms. The molecular formula is C25H37HfSi2. The average molecular weight is 572 g/mol. The molecule has 2 aliphatic heterocycles. The predicted octanol–water partition coefficient (Wildman–Crippen LogP) is 6.24. The summed E-state index contributed by atoms with van der Waals surface area (Å²) < 4.78 is 1.61. The summed E-state index contributed by atoms with van der Waals surface area (Å²) in [5, 5.41) is 1.46. The van der Waals surface area contributed by atoms with Gasteiger partial charge in [0.05, 0.1) is 0 Å². The van der Waals surface area contributed by atoms with Gasteiger partial charge in [0.1, 0.15) is 0 Å². The minimum absolute atomic E-state index is 0.218. The van der Waals surface area contributed by atoms with Gasteiger partial charge < -0.3 is 0 Å². The monoisotopic (exact) mass is 573 g/mol. The van der Waals surface area contributed by atoms with Gasteiger partial charge >= 0.3 is 52.4 Å². The van der Waals surface area contributed by atoms with Crippen LogP contribution in [0.1, 0.15) is 57.8 Å². The van der Waals surface area contributed by atoms with Gasteiger partial charge in [0.25, 0.3) is 0 Å². The van der Waals surface area contributed by atoms with Gasteiger partial charge in [-0.2, -0.15) is 0 Å². The number of hydrogen-bond donors (Lipinski definition) is 0. The maximum absolute atomic E-state index is 2.50. The van der Waals surface area contributed by atoms with Crippen molar-refractivity contribution in [1.82, 2.24) is 0 Å². The molecule has 2 saturated heterocycles. The van der Waals surface area contributed by atoms with Crippen LogP contribution in [0.5, 0.6) is 0 Å². The van der Waals surface area contributed by atoms with E-state index >= 15 is 0 Å². The molecule has 0 aromatic carbocycles. The molecule has 0 amide bonds. The molecule has 3 heteroatoms. The fourth-order valence-electron chi connectivity index (χ4n) is 5.12. The molecule has 2 unspecified atom stereocenters. The molecule has 0 nitrogen and oxygen atoms in total. The molecule has 0 saturated carbocycles. The van der Waals surface area contributed by atoms with Crippen LogP contribution in [0.3, 0.4) is 0 Å². The van der Waals surface area contributed by atoms with Crippen LogP contribution in [0.4, 0.5) is 0 Å². The molecule has 5 rings (SSSR count). The number of rotatable bonds is 0. The van der Waals surface area contributed by atoms with E-state index in [4.69, 9.17) is 0 Å². The second kappa shape index (κ2) is 11.8. The van der Waals surface area contributed by atoms with Crippen LogP contribution in [0.25, 0.3) is 0 Å². The molecule has 149 valence electrons. The number of allylic oxidation sites excluding steroid dienone is 12. The van der Waals surface area contributed by atoms with Gasteiger partial charge in [0.15, 0.2) is 0 Å². The predicted molar refractivity (Wildman–Crippen MR) is 127 cm³/mol. The fourth-order valence-corrected chi connectivity index (χ4v) is 10.9. The summed E-state index contributed by atoms with van der Waals surface area (Å²) in [5.41, 5.74) is 0. The van der Waals surface area contributed by atoms with Crippen LogP contribution in [-0.4, -0.2) is 19.0 Å². The maximum atomic E-state index is 2.50. The zero-order valence-corrected chi connectivity index (χ0v) is 24.0. The van der Waals surface area contributed by atoms with Gasteiger partial charge in [-0.05, 0) is 35.8 Å². The van der Waals surface area contributed by atoms with E-state index < -0.39 is 0 Å². The first kappa shape index (κ1) is 22.4. The molecule has 5 aliphatic rings. The SMILES string of the molecule is C1=CCC2(C=C1)CCCC[SiH2]2.C1=CCC2(C=C1)CCCC[SiH2]2.[Hf][C]1=CC=CC1. The molecule has 2 spiro atoms. The molecule has 2 fully saturated rings. The Morgan fingerprint density at radius 2 is 1.25 bits per heavy atom. The summed E-state index contributed by atoms with van der Waals surface area (Å²) in [6, 6.07) is 3.16. The van der Waals surface area contributed by atoms with Crippen LogP contribution in [-0.2, 0) is 24.4 Å².